The minimum Gasteiger partial charge on any atom is -0.490 e. The van der Waals surface area contributed by atoms with Crippen LogP contribution in [0.2, 0.25) is 0 Å². The number of nitrogens with zero attached hydrogens (tertiary/aromatic N) is 3. The van der Waals surface area contributed by atoms with Crippen molar-refractivity contribution in [3.05, 3.63) is 76.1 Å². The predicted octanol–water partition coefficient (Wildman–Crippen LogP) is 9.09. The van der Waals surface area contributed by atoms with Crippen LogP contribution < -0.4 is 15.0 Å². The van der Waals surface area contributed by atoms with Gasteiger partial charge in [0.1, 0.15) is 13.3 Å². The van der Waals surface area contributed by atoms with Gasteiger partial charge < -0.3 is 19.5 Å². The highest BCUT2D eigenvalue weighted by Crippen LogP contribution is 2.43. The number of benzene rings is 2. The fraction of sp³-hybridized carbons (Fsp3) is 0.471. The molecule has 290 valence electrons. The molecule has 1 amide bonds. The van der Waals surface area contributed by atoms with Crippen LogP contribution in [0, 0.1) is 0 Å². The van der Waals surface area contributed by atoms with Crippen molar-refractivity contribution in [3.8, 4) is 5.75 Å². The number of amides is 1. The Kier molecular flexibility index (Phi) is 13.0. The first kappa shape index (κ1) is 40.9. The van der Waals surface area contributed by atoms with Crippen molar-refractivity contribution in [1.82, 2.24) is 9.97 Å². The van der Waals surface area contributed by atoms with E-state index in [2.05, 4.69) is 15.3 Å². The molecule has 0 radical (unpaired) electrons. The third-order valence-corrected chi connectivity index (χ3v) is 8.07. The number of carbonyl (C=O) groups is 2. The summed E-state index contributed by atoms with van der Waals surface area (Å²) in [7, 11) is 0. The average Bonchev–Trinajstić information content (AvgIpc) is 3.08. The molecule has 9 nitrogen and oxygen atoms in total. The van der Waals surface area contributed by atoms with Gasteiger partial charge in [-0.05, 0) is 73.7 Å². The average molecular weight is 769 g/mol. The van der Waals surface area contributed by atoms with E-state index in [1.807, 2.05) is 0 Å². The summed E-state index contributed by atoms with van der Waals surface area (Å²) in [5, 5.41) is 2.90. The molecule has 1 N–H and O–H groups in total. The molecular formula is C34H34F10N4O5. The smallest absolute Gasteiger partial charge is 0.416 e. The topological polar surface area (TPSA) is 103 Å². The first-order chi connectivity index (χ1) is 24.8. The molecule has 1 aliphatic rings. The molecule has 1 aliphatic heterocycles. The number of carbonyl (C=O) groups excluding carboxylic acids is 2. The van der Waals surface area contributed by atoms with E-state index < -0.39 is 84.6 Å². The van der Waals surface area contributed by atoms with E-state index in [9.17, 15) is 53.5 Å². The number of nitrogens with one attached hydrogen (secondary N) is 1. The van der Waals surface area contributed by atoms with Crippen molar-refractivity contribution in [3.63, 3.8) is 0 Å². The van der Waals surface area contributed by atoms with Crippen LogP contribution in [0.5, 0.6) is 5.75 Å². The van der Waals surface area contributed by atoms with Gasteiger partial charge in [-0.25, -0.2) is 19.2 Å². The zero-order valence-corrected chi connectivity index (χ0v) is 28.2. The summed E-state index contributed by atoms with van der Waals surface area (Å²) in [6, 6.07) is 1.94. The van der Waals surface area contributed by atoms with Gasteiger partial charge in [0, 0.05) is 18.9 Å². The molecule has 19 heteroatoms. The van der Waals surface area contributed by atoms with Gasteiger partial charge in [-0.15, -0.1) is 0 Å². The molecule has 1 aromatic heterocycles. The van der Waals surface area contributed by atoms with Gasteiger partial charge in [-0.3, -0.25) is 9.69 Å². The molecule has 0 saturated heterocycles. The molecule has 2 aromatic carbocycles. The quantitative estimate of drug-likeness (QED) is 0.104. The molecule has 0 saturated carbocycles. The zero-order chi connectivity index (χ0) is 39.1. The molecule has 2 heterocycles. The second-order valence-corrected chi connectivity index (χ2v) is 11.8. The van der Waals surface area contributed by atoms with Crippen molar-refractivity contribution in [2.45, 2.75) is 76.6 Å². The second kappa shape index (κ2) is 16.9. The maximum Gasteiger partial charge on any atom is 0.416 e. The summed E-state index contributed by atoms with van der Waals surface area (Å²) in [6.07, 6.45) is -15.3. The second-order valence-electron chi connectivity index (χ2n) is 11.8. The van der Waals surface area contributed by atoms with Crippen molar-refractivity contribution in [2.75, 3.05) is 36.7 Å². The van der Waals surface area contributed by atoms with E-state index in [4.69, 9.17) is 14.2 Å². The number of anilines is 2. The first-order valence-corrected chi connectivity index (χ1v) is 16.3. The molecular weight excluding hydrogens is 734 g/mol. The molecule has 2 atom stereocenters. The van der Waals surface area contributed by atoms with E-state index >= 15 is 0 Å². The Balaban J connectivity index is 1.76. The molecule has 0 unspecified atom stereocenters. The lowest BCUT2D eigenvalue weighted by Gasteiger charge is -2.40. The summed E-state index contributed by atoms with van der Waals surface area (Å²) in [4.78, 5) is 34.2. The van der Waals surface area contributed by atoms with E-state index in [1.165, 1.54) is 0 Å². The Morgan fingerprint density at radius 3 is 2.13 bits per heavy atom. The Bertz CT molecular complexity index is 1720. The monoisotopic (exact) mass is 768 g/mol. The number of halogens is 10. The van der Waals surface area contributed by atoms with Crippen LogP contribution in [-0.2, 0) is 39.2 Å². The van der Waals surface area contributed by atoms with Gasteiger partial charge in [-0.2, -0.15) is 39.5 Å². The summed E-state index contributed by atoms with van der Waals surface area (Å²) >= 11 is 0. The standard InChI is InChI=1S/C34H34F10N4O5/c1-3-23-17-25(24-16-20(32(36,37)38)7-8-27(24)48(23)31(50)53-11-9-35)46-30-45-18-28(52-10-5-6-29(49)51-4-2)26(47-30)14-19-12-21(33(39,40)41)15-22(13-19)34(42,43)44/h7-8,12-13,15-16,18,23,25H,3-6,9-11,14,17H2,1-2H3,(H,45,46,47)/t23-,25+/m1/s1. The molecule has 4 rings (SSSR count). The van der Waals surface area contributed by atoms with Gasteiger partial charge in [0.05, 0.1) is 53.5 Å². The SMILES string of the molecule is CCOC(=O)CCCOc1cnc(N[C@H]2C[C@@H](CC)N(C(=O)OCCF)c3ccc(C(F)(F)F)cc32)nc1Cc1cc(C(F)(F)F)cc(C(F)(F)F)c1. The molecule has 3 aromatic rings. The Hall–Kier alpha value is -4.84. The summed E-state index contributed by atoms with van der Waals surface area (Å²) in [5.41, 5.74) is -4.85. The van der Waals surface area contributed by atoms with Crippen LogP contribution >= 0.6 is 0 Å². The molecule has 0 spiro atoms. The lowest BCUT2D eigenvalue weighted by molar-refractivity contribution is -0.144. The highest BCUT2D eigenvalue weighted by molar-refractivity contribution is 5.90. The normalized spacial score (nSPS) is 16.2. The molecule has 0 fully saturated rings. The van der Waals surface area contributed by atoms with Crippen LogP contribution in [0.4, 0.5) is 60.3 Å². The van der Waals surface area contributed by atoms with Gasteiger partial charge in [-0.1, -0.05) is 6.92 Å². The first-order valence-electron chi connectivity index (χ1n) is 16.3. The van der Waals surface area contributed by atoms with Crippen LogP contribution in [0.3, 0.4) is 0 Å². The van der Waals surface area contributed by atoms with Crippen molar-refractivity contribution in [2.24, 2.45) is 0 Å². The van der Waals surface area contributed by atoms with E-state index in [-0.39, 0.29) is 73.6 Å². The fourth-order valence-corrected chi connectivity index (χ4v) is 5.68. The van der Waals surface area contributed by atoms with Crippen LogP contribution in [0.1, 0.15) is 79.1 Å². The van der Waals surface area contributed by atoms with Crippen molar-refractivity contribution in [1.29, 1.82) is 0 Å². The summed E-state index contributed by atoms with van der Waals surface area (Å²) in [5.74, 6) is -0.961. The largest absolute Gasteiger partial charge is 0.490 e. The molecule has 53 heavy (non-hydrogen) atoms. The van der Waals surface area contributed by atoms with Gasteiger partial charge in [0.15, 0.2) is 5.75 Å². The molecule has 0 aliphatic carbocycles. The van der Waals surface area contributed by atoms with Crippen LogP contribution in [-0.4, -0.2) is 54.6 Å². The van der Waals surface area contributed by atoms with Gasteiger partial charge >= 0.3 is 30.6 Å². The Morgan fingerprint density at radius 2 is 1.55 bits per heavy atom. The number of esters is 1. The Labute approximate surface area is 296 Å². The lowest BCUT2D eigenvalue weighted by atomic mass is 9.89. The van der Waals surface area contributed by atoms with Crippen molar-refractivity contribution >= 4 is 23.7 Å². The number of hydrogen-bond acceptors (Lipinski definition) is 8. The third kappa shape index (κ3) is 10.6. The number of fused-ring (bicyclic) bond motifs is 1. The number of alkyl halides is 10. The van der Waals surface area contributed by atoms with Crippen LogP contribution in [0.25, 0.3) is 0 Å². The third-order valence-electron chi connectivity index (χ3n) is 8.07. The predicted molar refractivity (Wildman–Crippen MR) is 169 cm³/mol. The maximum absolute atomic E-state index is 13.8. The molecule has 0 bridgehead atoms. The van der Waals surface area contributed by atoms with E-state index in [0.29, 0.717) is 12.1 Å². The fourth-order valence-electron chi connectivity index (χ4n) is 5.68. The summed E-state index contributed by atoms with van der Waals surface area (Å²) < 4.78 is 152. The minimum absolute atomic E-state index is 0.0166. The van der Waals surface area contributed by atoms with Crippen LogP contribution in [0.15, 0.2) is 42.6 Å². The summed E-state index contributed by atoms with van der Waals surface area (Å²) in [6.45, 7) is 1.69. The van der Waals surface area contributed by atoms with Crippen molar-refractivity contribution < 1.29 is 67.7 Å². The van der Waals surface area contributed by atoms with Gasteiger partial charge in [0.2, 0.25) is 5.95 Å². The lowest BCUT2D eigenvalue weighted by Crippen LogP contribution is -2.46. The number of hydrogen-bond donors (Lipinski definition) is 1. The number of aromatic nitrogens is 2. The minimum atomic E-state index is -5.13. The Morgan fingerprint density at radius 1 is 0.887 bits per heavy atom. The number of ether oxygens (including phenoxy) is 3. The highest BCUT2D eigenvalue weighted by Gasteiger charge is 2.40. The maximum atomic E-state index is 13.8. The van der Waals surface area contributed by atoms with Gasteiger partial charge in [0.25, 0.3) is 0 Å². The number of rotatable bonds is 13. The van der Waals surface area contributed by atoms with E-state index in [1.54, 1.807) is 13.8 Å². The highest BCUT2D eigenvalue weighted by atomic mass is 19.4. The zero-order valence-electron chi connectivity index (χ0n) is 28.2. The van der Waals surface area contributed by atoms with E-state index in [0.717, 1.165) is 29.3 Å².